The van der Waals surface area contributed by atoms with E-state index in [1.165, 1.54) is 4.90 Å². The maximum absolute atomic E-state index is 12.5. The Balaban J connectivity index is 1.91. The first-order valence-electron chi connectivity index (χ1n) is 6.63. The van der Waals surface area contributed by atoms with Crippen LogP contribution in [0, 0.1) is 0 Å². The Labute approximate surface area is 115 Å². The number of likely N-dealkylation sites (tertiary alicyclic amines) is 1. The van der Waals surface area contributed by atoms with Crippen molar-refractivity contribution in [2.75, 3.05) is 6.54 Å². The number of hydrogen-bond acceptors (Lipinski definition) is 3. The molecular formula is C14H15N3O3. The predicted molar refractivity (Wildman–Crippen MR) is 71.5 cm³/mol. The Morgan fingerprint density at radius 2 is 2.15 bits per heavy atom. The van der Waals surface area contributed by atoms with Gasteiger partial charge in [0.2, 0.25) is 0 Å². The molecule has 20 heavy (non-hydrogen) atoms. The van der Waals surface area contributed by atoms with E-state index in [0.29, 0.717) is 18.5 Å². The van der Waals surface area contributed by atoms with E-state index in [0.717, 1.165) is 18.5 Å². The van der Waals surface area contributed by atoms with E-state index in [1.807, 2.05) is 0 Å². The molecule has 6 heteroatoms. The minimum Gasteiger partial charge on any atom is -0.480 e. The van der Waals surface area contributed by atoms with Crippen LogP contribution >= 0.6 is 0 Å². The summed E-state index contributed by atoms with van der Waals surface area (Å²) in [6.07, 6.45) is 7.33. The molecule has 1 saturated heterocycles. The van der Waals surface area contributed by atoms with Crippen molar-refractivity contribution in [2.45, 2.75) is 25.3 Å². The van der Waals surface area contributed by atoms with Gasteiger partial charge in [-0.05, 0) is 31.4 Å². The molecule has 3 heterocycles. The van der Waals surface area contributed by atoms with Crippen molar-refractivity contribution in [2.24, 2.45) is 0 Å². The lowest BCUT2D eigenvalue weighted by Gasteiger charge is -2.33. The minimum atomic E-state index is -0.929. The fourth-order valence-corrected chi connectivity index (χ4v) is 2.64. The molecule has 0 radical (unpaired) electrons. The summed E-state index contributed by atoms with van der Waals surface area (Å²) < 4.78 is 1.76. The highest BCUT2D eigenvalue weighted by atomic mass is 16.4. The normalized spacial score (nSPS) is 19.2. The summed E-state index contributed by atoms with van der Waals surface area (Å²) >= 11 is 0. The summed E-state index contributed by atoms with van der Waals surface area (Å²) in [6, 6.07) is 2.74. The lowest BCUT2D eigenvalue weighted by atomic mass is 10.0. The molecule has 0 saturated carbocycles. The molecule has 1 aliphatic heterocycles. The fraction of sp³-hybridized carbons (Fsp3) is 0.357. The van der Waals surface area contributed by atoms with E-state index in [2.05, 4.69) is 4.98 Å². The zero-order chi connectivity index (χ0) is 14.1. The molecule has 3 rings (SSSR count). The largest absolute Gasteiger partial charge is 0.480 e. The average Bonchev–Trinajstić information content (AvgIpc) is 2.93. The fourth-order valence-electron chi connectivity index (χ4n) is 2.64. The topological polar surface area (TPSA) is 74.9 Å². The number of carboxylic acid groups (broad SMARTS) is 1. The number of carbonyl (C=O) groups excluding carboxylic acids is 1. The molecular weight excluding hydrogens is 258 g/mol. The first-order valence-corrected chi connectivity index (χ1v) is 6.63. The minimum absolute atomic E-state index is 0.229. The van der Waals surface area contributed by atoms with Gasteiger partial charge in [0, 0.05) is 25.1 Å². The van der Waals surface area contributed by atoms with Crippen molar-refractivity contribution >= 4 is 17.5 Å². The van der Waals surface area contributed by atoms with Gasteiger partial charge in [-0.25, -0.2) is 9.78 Å². The van der Waals surface area contributed by atoms with Gasteiger partial charge in [-0.2, -0.15) is 0 Å². The molecule has 0 aliphatic carbocycles. The van der Waals surface area contributed by atoms with Crippen LogP contribution in [0.25, 0.3) is 5.65 Å². The summed E-state index contributed by atoms with van der Waals surface area (Å²) in [5.74, 6) is -1.16. The molecule has 2 aromatic rings. The highest BCUT2D eigenvalue weighted by Crippen LogP contribution is 2.20. The van der Waals surface area contributed by atoms with Crippen LogP contribution < -0.4 is 0 Å². The second kappa shape index (κ2) is 4.96. The van der Waals surface area contributed by atoms with E-state index in [1.54, 1.807) is 35.1 Å². The smallest absolute Gasteiger partial charge is 0.326 e. The van der Waals surface area contributed by atoms with Crippen molar-refractivity contribution < 1.29 is 14.7 Å². The number of pyridine rings is 1. The van der Waals surface area contributed by atoms with Gasteiger partial charge in [0.1, 0.15) is 11.7 Å². The molecule has 0 bridgehead atoms. The van der Waals surface area contributed by atoms with Crippen molar-refractivity contribution in [1.29, 1.82) is 0 Å². The number of amides is 1. The lowest BCUT2D eigenvalue weighted by molar-refractivity contribution is -0.143. The van der Waals surface area contributed by atoms with E-state index in [4.69, 9.17) is 0 Å². The third-order valence-corrected chi connectivity index (χ3v) is 3.68. The van der Waals surface area contributed by atoms with Gasteiger partial charge in [0.25, 0.3) is 5.91 Å². The zero-order valence-electron chi connectivity index (χ0n) is 10.9. The van der Waals surface area contributed by atoms with Crippen molar-refractivity contribution in [3.05, 3.63) is 36.3 Å². The number of rotatable bonds is 2. The van der Waals surface area contributed by atoms with Gasteiger partial charge in [0.05, 0.1) is 5.56 Å². The predicted octanol–water partition coefficient (Wildman–Crippen LogP) is 1.41. The Bertz CT molecular complexity index is 664. The van der Waals surface area contributed by atoms with Crippen LogP contribution in [0.3, 0.4) is 0 Å². The maximum Gasteiger partial charge on any atom is 0.326 e. The van der Waals surface area contributed by atoms with Crippen LogP contribution in [-0.4, -0.2) is 43.9 Å². The molecule has 1 amide bonds. The van der Waals surface area contributed by atoms with Gasteiger partial charge >= 0.3 is 5.97 Å². The summed E-state index contributed by atoms with van der Waals surface area (Å²) in [7, 11) is 0. The summed E-state index contributed by atoms with van der Waals surface area (Å²) in [4.78, 5) is 29.4. The van der Waals surface area contributed by atoms with Crippen LogP contribution in [0.1, 0.15) is 29.6 Å². The van der Waals surface area contributed by atoms with E-state index in [-0.39, 0.29) is 5.91 Å². The van der Waals surface area contributed by atoms with E-state index in [9.17, 15) is 14.7 Å². The third kappa shape index (κ3) is 2.13. The number of fused-ring (bicyclic) bond motifs is 1. The molecule has 104 valence electrons. The molecule has 1 aliphatic rings. The summed E-state index contributed by atoms with van der Waals surface area (Å²) in [6.45, 7) is 0.498. The van der Waals surface area contributed by atoms with E-state index < -0.39 is 12.0 Å². The number of aliphatic carboxylic acids is 1. The molecule has 0 spiro atoms. The standard InChI is InChI=1S/C14H15N3O3/c18-13(17-7-2-1-3-11(17)14(19)20)10-4-5-12-15-6-8-16(12)9-10/h4-6,8-9,11H,1-3,7H2,(H,19,20). The maximum atomic E-state index is 12.5. The number of aromatic nitrogens is 2. The number of nitrogens with zero attached hydrogens (tertiary/aromatic N) is 3. The van der Waals surface area contributed by atoms with Gasteiger partial charge in [0.15, 0.2) is 0 Å². The molecule has 6 nitrogen and oxygen atoms in total. The van der Waals surface area contributed by atoms with Crippen LogP contribution in [0.15, 0.2) is 30.7 Å². The third-order valence-electron chi connectivity index (χ3n) is 3.68. The summed E-state index contributed by atoms with van der Waals surface area (Å²) in [5, 5.41) is 9.23. The average molecular weight is 273 g/mol. The molecule has 1 unspecified atom stereocenters. The SMILES string of the molecule is O=C(O)C1CCCCN1C(=O)c1ccc2nccn2c1. The number of imidazole rings is 1. The van der Waals surface area contributed by atoms with Gasteiger partial charge in [-0.15, -0.1) is 0 Å². The summed E-state index contributed by atoms with van der Waals surface area (Å²) in [5.41, 5.74) is 1.25. The monoisotopic (exact) mass is 273 g/mol. The number of piperidine rings is 1. The lowest BCUT2D eigenvalue weighted by Crippen LogP contribution is -2.48. The molecule has 2 aromatic heterocycles. The van der Waals surface area contributed by atoms with Gasteiger partial charge in [-0.3, -0.25) is 4.79 Å². The van der Waals surface area contributed by atoms with E-state index >= 15 is 0 Å². The zero-order valence-corrected chi connectivity index (χ0v) is 10.9. The Morgan fingerprint density at radius 3 is 2.95 bits per heavy atom. The first-order chi connectivity index (χ1) is 9.66. The number of hydrogen-bond donors (Lipinski definition) is 1. The molecule has 1 N–H and O–H groups in total. The Hall–Kier alpha value is -2.37. The van der Waals surface area contributed by atoms with Gasteiger partial charge in [-0.1, -0.05) is 0 Å². The van der Waals surface area contributed by atoms with Crippen molar-refractivity contribution in [3.63, 3.8) is 0 Å². The number of carbonyl (C=O) groups is 2. The van der Waals surface area contributed by atoms with Crippen molar-refractivity contribution in [1.82, 2.24) is 14.3 Å². The Morgan fingerprint density at radius 1 is 1.30 bits per heavy atom. The highest BCUT2D eigenvalue weighted by Gasteiger charge is 2.32. The van der Waals surface area contributed by atoms with Crippen LogP contribution in [0.2, 0.25) is 0 Å². The molecule has 0 aromatic carbocycles. The first kappa shape index (κ1) is 12.7. The van der Waals surface area contributed by atoms with Crippen molar-refractivity contribution in [3.8, 4) is 0 Å². The van der Waals surface area contributed by atoms with Crippen LogP contribution in [0.4, 0.5) is 0 Å². The number of carboxylic acids is 1. The van der Waals surface area contributed by atoms with Crippen LogP contribution in [0.5, 0.6) is 0 Å². The second-order valence-electron chi connectivity index (χ2n) is 4.96. The second-order valence-corrected chi connectivity index (χ2v) is 4.96. The molecule has 1 fully saturated rings. The highest BCUT2D eigenvalue weighted by molar-refractivity contribution is 5.96. The molecule has 1 atom stereocenters. The van der Waals surface area contributed by atoms with Crippen LogP contribution in [-0.2, 0) is 4.79 Å². The quantitative estimate of drug-likeness (QED) is 0.897. The van der Waals surface area contributed by atoms with Gasteiger partial charge < -0.3 is 14.4 Å². The Kier molecular flexibility index (Phi) is 3.14.